The largest absolute Gasteiger partial charge is 0.457 e. The molecule has 4 heterocycles. The van der Waals surface area contributed by atoms with Gasteiger partial charge in [0.2, 0.25) is 5.91 Å². The van der Waals surface area contributed by atoms with Gasteiger partial charge < -0.3 is 24.6 Å². The third-order valence-electron chi connectivity index (χ3n) is 9.15. The summed E-state index contributed by atoms with van der Waals surface area (Å²) in [4.78, 5) is 30.0. The number of hydrogen-bond acceptors (Lipinski definition) is 7. The van der Waals surface area contributed by atoms with Crippen molar-refractivity contribution in [2.24, 2.45) is 0 Å². The Morgan fingerprint density at radius 3 is 2.42 bits per heavy atom. The number of aromatic nitrogens is 2. The van der Waals surface area contributed by atoms with Crippen LogP contribution in [0.5, 0.6) is 11.5 Å². The molecular formula is C35H42FN5O4. The number of likely N-dealkylation sites (tertiary alicyclic amines) is 2. The monoisotopic (exact) mass is 615 g/mol. The Morgan fingerprint density at radius 2 is 1.78 bits per heavy atom. The summed E-state index contributed by atoms with van der Waals surface area (Å²) >= 11 is 0. The lowest BCUT2D eigenvalue weighted by Gasteiger charge is -2.39. The average Bonchev–Trinajstić information content (AvgIpc) is 3.47. The highest BCUT2D eigenvalue weighted by molar-refractivity contribution is 5.95. The number of nitrogens with one attached hydrogen (secondary N) is 1. The van der Waals surface area contributed by atoms with Gasteiger partial charge in [-0.05, 0) is 86.6 Å². The van der Waals surface area contributed by atoms with E-state index in [1.165, 1.54) is 12.1 Å². The number of amides is 2. The normalized spacial score (nSPS) is 18.5. The third-order valence-corrected chi connectivity index (χ3v) is 9.15. The number of benzene rings is 2. The lowest BCUT2D eigenvalue weighted by atomic mass is 9.99. The maximum absolute atomic E-state index is 15.5. The summed E-state index contributed by atoms with van der Waals surface area (Å²) in [5, 5.41) is 11.7. The molecule has 0 saturated carbocycles. The predicted molar refractivity (Wildman–Crippen MR) is 169 cm³/mol. The van der Waals surface area contributed by atoms with E-state index in [1.807, 2.05) is 36.4 Å². The first-order valence-corrected chi connectivity index (χ1v) is 16.2. The van der Waals surface area contributed by atoms with Crippen molar-refractivity contribution in [3.63, 3.8) is 0 Å². The zero-order valence-corrected chi connectivity index (χ0v) is 26.1. The first-order valence-electron chi connectivity index (χ1n) is 16.2. The van der Waals surface area contributed by atoms with Gasteiger partial charge >= 0.3 is 0 Å². The van der Waals surface area contributed by atoms with E-state index in [2.05, 4.69) is 34.3 Å². The van der Waals surface area contributed by atoms with Gasteiger partial charge in [-0.2, -0.15) is 10.2 Å². The number of piperidine rings is 1. The standard InChI is InChI=1S/C35H42FN5O4/c1-23(2)31-9-10-32(39-38-31)24-5-7-28(8-6-24)45-33-21-29(30(36)20-25(33)22-41-15-3-4-34(41)42)35(43)37-26-11-16-40(17-12-26)27-13-18-44-19-14-27/h5-10,20-21,23,26-27H,3-4,11-19,22H2,1-2H3,(H,37,43). The van der Waals surface area contributed by atoms with Crippen molar-refractivity contribution in [3.05, 3.63) is 71.2 Å². The third kappa shape index (κ3) is 7.50. The molecule has 6 rings (SSSR count). The van der Waals surface area contributed by atoms with Crippen LogP contribution in [0.1, 0.15) is 79.9 Å². The minimum atomic E-state index is -0.625. The van der Waals surface area contributed by atoms with E-state index in [1.54, 1.807) is 4.90 Å². The van der Waals surface area contributed by atoms with E-state index >= 15 is 4.39 Å². The summed E-state index contributed by atoms with van der Waals surface area (Å²) in [7, 11) is 0. The Morgan fingerprint density at radius 1 is 1.02 bits per heavy atom. The Balaban J connectivity index is 1.17. The number of halogens is 1. The van der Waals surface area contributed by atoms with Crippen molar-refractivity contribution in [2.45, 2.75) is 76.9 Å². The summed E-state index contributed by atoms with van der Waals surface area (Å²) in [5.74, 6) is 0.126. The molecule has 0 bridgehead atoms. The van der Waals surface area contributed by atoms with Gasteiger partial charge in [-0.25, -0.2) is 4.39 Å². The van der Waals surface area contributed by atoms with Crippen LogP contribution in [0.3, 0.4) is 0 Å². The van der Waals surface area contributed by atoms with Crippen LogP contribution in [0, 0.1) is 5.82 Å². The Labute approximate surface area is 264 Å². The van der Waals surface area contributed by atoms with Gasteiger partial charge in [0.25, 0.3) is 5.91 Å². The van der Waals surface area contributed by atoms with Crippen LogP contribution in [0.4, 0.5) is 4.39 Å². The minimum Gasteiger partial charge on any atom is -0.457 e. The number of rotatable bonds is 9. The van der Waals surface area contributed by atoms with Crippen molar-refractivity contribution in [1.29, 1.82) is 0 Å². The van der Waals surface area contributed by atoms with Crippen molar-refractivity contribution >= 4 is 11.8 Å². The van der Waals surface area contributed by atoms with Gasteiger partial charge in [-0.1, -0.05) is 13.8 Å². The van der Waals surface area contributed by atoms with Crippen LogP contribution in [-0.2, 0) is 16.1 Å². The van der Waals surface area contributed by atoms with E-state index in [0.717, 1.165) is 75.4 Å². The van der Waals surface area contributed by atoms with E-state index < -0.39 is 11.7 Å². The highest BCUT2D eigenvalue weighted by Gasteiger charge is 2.29. The fraction of sp³-hybridized carbons (Fsp3) is 0.486. The number of nitrogens with zero attached hydrogens (tertiary/aromatic N) is 4. The first kappa shape index (κ1) is 31.1. The number of hydrogen-bond donors (Lipinski definition) is 1. The average molecular weight is 616 g/mol. The number of carbonyl (C=O) groups excluding carboxylic acids is 2. The first-order chi connectivity index (χ1) is 21.8. The Hall–Kier alpha value is -3.89. The quantitative estimate of drug-likeness (QED) is 0.330. The second kappa shape index (κ2) is 14.0. The van der Waals surface area contributed by atoms with E-state index in [4.69, 9.17) is 9.47 Å². The molecule has 2 amide bonds. The number of ether oxygens (including phenoxy) is 2. The lowest BCUT2D eigenvalue weighted by Crippen LogP contribution is -2.49. The molecule has 2 aromatic carbocycles. The molecule has 0 atom stereocenters. The van der Waals surface area contributed by atoms with E-state index in [0.29, 0.717) is 42.0 Å². The smallest absolute Gasteiger partial charge is 0.254 e. The molecule has 0 spiro atoms. The molecular weight excluding hydrogens is 573 g/mol. The Bertz CT molecular complexity index is 1480. The van der Waals surface area contributed by atoms with Crippen LogP contribution in [0.2, 0.25) is 0 Å². The topological polar surface area (TPSA) is 96.9 Å². The van der Waals surface area contributed by atoms with Crippen molar-refractivity contribution in [3.8, 4) is 22.8 Å². The van der Waals surface area contributed by atoms with Crippen LogP contribution >= 0.6 is 0 Å². The van der Waals surface area contributed by atoms with E-state index in [9.17, 15) is 9.59 Å². The summed E-state index contributed by atoms with van der Waals surface area (Å²) in [5.41, 5.74) is 3.02. The van der Waals surface area contributed by atoms with Crippen molar-refractivity contribution in [1.82, 2.24) is 25.3 Å². The molecule has 45 heavy (non-hydrogen) atoms. The predicted octanol–water partition coefficient (Wildman–Crippen LogP) is 5.69. The van der Waals surface area contributed by atoms with Crippen LogP contribution in [0.25, 0.3) is 11.3 Å². The van der Waals surface area contributed by atoms with Crippen LogP contribution in [0.15, 0.2) is 48.5 Å². The van der Waals surface area contributed by atoms with Gasteiger partial charge in [0.15, 0.2) is 0 Å². The highest BCUT2D eigenvalue weighted by Crippen LogP contribution is 2.32. The fourth-order valence-corrected chi connectivity index (χ4v) is 6.41. The molecule has 3 aromatic rings. The zero-order chi connectivity index (χ0) is 31.3. The van der Waals surface area contributed by atoms with Crippen molar-refractivity contribution < 1.29 is 23.5 Å². The SMILES string of the molecule is CC(C)c1ccc(-c2ccc(Oc3cc(C(=O)NC4CCN(C5CCOCC5)CC4)c(F)cc3CN3CCCC3=O)cc2)nn1. The minimum absolute atomic E-state index is 0.0236. The molecule has 0 radical (unpaired) electrons. The second-order valence-corrected chi connectivity index (χ2v) is 12.6. The maximum atomic E-state index is 15.5. The number of carbonyl (C=O) groups is 2. The molecule has 0 aliphatic carbocycles. The van der Waals surface area contributed by atoms with Crippen LogP contribution in [-0.4, -0.2) is 76.7 Å². The molecule has 3 aliphatic heterocycles. The van der Waals surface area contributed by atoms with Gasteiger partial charge in [-0.3, -0.25) is 9.59 Å². The molecule has 1 N–H and O–H groups in total. The van der Waals surface area contributed by atoms with Gasteiger partial charge in [0.1, 0.15) is 17.3 Å². The molecule has 9 nitrogen and oxygen atoms in total. The van der Waals surface area contributed by atoms with Gasteiger partial charge in [0, 0.05) is 69.0 Å². The summed E-state index contributed by atoms with van der Waals surface area (Å²) < 4.78 is 27.3. The van der Waals surface area contributed by atoms with Gasteiger partial charge in [0.05, 0.1) is 17.0 Å². The zero-order valence-electron chi connectivity index (χ0n) is 26.1. The molecule has 238 valence electrons. The molecule has 3 saturated heterocycles. The molecule has 3 fully saturated rings. The van der Waals surface area contributed by atoms with Crippen LogP contribution < -0.4 is 10.1 Å². The lowest BCUT2D eigenvalue weighted by molar-refractivity contribution is -0.128. The maximum Gasteiger partial charge on any atom is 0.254 e. The highest BCUT2D eigenvalue weighted by atomic mass is 19.1. The summed E-state index contributed by atoms with van der Waals surface area (Å²) in [6.45, 7) is 8.39. The van der Waals surface area contributed by atoms with Gasteiger partial charge in [-0.15, -0.1) is 0 Å². The molecule has 10 heteroatoms. The molecule has 3 aliphatic rings. The Kier molecular flexibility index (Phi) is 9.70. The molecule has 1 aromatic heterocycles. The summed E-state index contributed by atoms with van der Waals surface area (Å²) in [6, 6.07) is 14.7. The summed E-state index contributed by atoms with van der Waals surface area (Å²) in [6.07, 6.45) is 4.98. The fourth-order valence-electron chi connectivity index (χ4n) is 6.41. The second-order valence-electron chi connectivity index (χ2n) is 12.6. The molecule has 0 unspecified atom stereocenters. The van der Waals surface area contributed by atoms with E-state index in [-0.39, 0.29) is 24.1 Å². The van der Waals surface area contributed by atoms with Crippen molar-refractivity contribution in [2.75, 3.05) is 32.8 Å².